The molecule has 0 aromatic heterocycles. The monoisotopic (exact) mass is 311 g/mol. The van der Waals surface area contributed by atoms with Crippen LogP contribution in [0.1, 0.15) is 46.5 Å². The Labute approximate surface area is 128 Å². The lowest BCUT2D eigenvalue weighted by molar-refractivity contribution is 0.131. The zero-order valence-electron chi connectivity index (χ0n) is 13.1. The van der Waals surface area contributed by atoms with Crippen LogP contribution in [0.15, 0.2) is 29.2 Å². The molecule has 1 aromatic rings. The zero-order valence-corrected chi connectivity index (χ0v) is 13.9. The summed E-state index contributed by atoms with van der Waals surface area (Å²) >= 11 is 0. The van der Waals surface area contributed by atoms with Crippen molar-refractivity contribution in [1.29, 1.82) is 0 Å². The molecule has 0 amide bonds. The molecule has 0 aliphatic carbocycles. The van der Waals surface area contributed by atoms with E-state index in [1.807, 2.05) is 20.8 Å². The average molecular weight is 311 g/mol. The highest BCUT2D eigenvalue weighted by molar-refractivity contribution is 7.89. The highest BCUT2D eigenvalue weighted by atomic mass is 32.2. The third kappa shape index (κ3) is 4.45. The van der Waals surface area contributed by atoms with Crippen LogP contribution in [0.25, 0.3) is 0 Å². The van der Waals surface area contributed by atoms with Crippen LogP contribution >= 0.6 is 0 Å². The lowest BCUT2D eigenvalue weighted by atomic mass is 10.2. The van der Waals surface area contributed by atoms with E-state index in [4.69, 9.17) is 4.74 Å². The largest absolute Gasteiger partial charge is 0.488 e. The molecular weight excluding hydrogens is 286 g/mol. The maximum absolute atomic E-state index is 12.6. The predicted octanol–water partition coefficient (Wildman–Crippen LogP) is 3.43. The first-order valence-electron chi connectivity index (χ1n) is 7.58. The molecule has 1 aliphatic heterocycles. The molecule has 0 spiro atoms. The van der Waals surface area contributed by atoms with Crippen LogP contribution in [-0.2, 0) is 10.0 Å². The van der Waals surface area contributed by atoms with Crippen molar-refractivity contribution in [2.75, 3.05) is 13.1 Å². The van der Waals surface area contributed by atoms with Gasteiger partial charge in [0, 0.05) is 13.1 Å². The first-order chi connectivity index (χ1) is 9.79. The minimum absolute atomic E-state index is 0.287. The number of ether oxygens (including phenoxy) is 1. The standard InChI is InChI=1S/C16H25NO3S/c1-16(2,3)20-14-8-10-15(11-9-14)21(18,19)17-12-6-4-5-7-13-17/h8-11H,4-7,12-13H2,1-3H3. The molecule has 118 valence electrons. The summed E-state index contributed by atoms with van der Waals surface area (Å²) in [5.74, 6) is 0.692. The van der Waals surface area contributed by atoms with Crippen molar-refractivity contribution in [3.63, 3.8) is 0 Å². The predicted molar refractivity (Wildman–Crippen MR) is 84.0 cm³/mol. The molecule has 0 atom stereocenters. The van der Waals surface area contributed by atoms with Crippen molar-refractivity contribution in [3.05, 3.63) is 24.3 Å². The first-order valence-corrected chi connectivity index (χ1v) is 9.02. The molecule has 4 nitrogen and oxygen atoms in total. The van der Waals surface area contributed by atoms with Crippen molar-refractivity contribution < 1.29 is 13.2 Å². The van der Waals surface area contributed by atoms with Crippen LogP contribution in [0.3, 0.4) is 0 Å². The highest BCUT2D eigenvalue weighted by Gasteiger charge is 2.25. The summed E-state index contributed by atoms with van der Waals surface area (Å²) in [4.78, 5) is 0.352. The zero-order chi connectivity index (χ0) is 15.5. The summed E-state index contributed by atoms with van der Waals surface area (Å²) in [5, 5.41) is 0. The van der Waals surface area contributed by atoms with E-state index < -0.39 is 10.0 Å². The molecule has 0 saturated carbocycles. The lowest BCUT2D eigenvalue weighted by Gasteiger charge is -2.22. The van der Waals surface area contributed by atoms with E-state index in [9.17, 15) is 8.42 Å². The van der Waals surface area contributed by atoms with Crippen molar-refractivity contribution in [3.8, 4) is 5.75 Å². The molecule has 1 heterocycles. The van der Waals surface area contributed by atoms with Crippen molar-refractivity contribution in [2.45, 2.75) is 57.0 Å². The van der Waals surface area contributed by atoms with Crippen molar-refractivity contribution in [1.82, 2.24) is 4.31 Å². The van der Waals surface area contributed by atoms with E-state index in [0.717, 1.165) is 25.7 Å². The van der Waals surface area contributed by atoms with Gasteiger partial charge < -0.3 is 4.74 Å². The lowest BCUT2D eigenvalue weighted by Crippen LogP contribution is -2.31. The molecule has 0 bridgehead atoms. The normalized spacial score (nSPS) is 18.2. The van der Waals surface area contributed by atoms with Crippen LogP contribution in [-0.4, -0.2) is 31.4 Å². The van der Waals surface area contributed by atoms with E-state index in [1.165, 1.54) is 0 Å². The van der Waals surface area contributed by atoms with Crippen molar-refractivity contribution >= 4 is 10.0 Å². The molecule has 5 heteroatoms. The van der Waals surface area contributed by atoms with Crippen molar-refractivity contribution in [2.24, 2.45) is 0 Å². The number of hydrogen-bond donors (Lipinski definition) is 0. The summed E-state index contributed by atoms with van der Waals surface area (Å²) in [6.07, 6.45) is 4.13. The number of nitrogens with zero attached hydrogens (tertiary/aromatic N) is 1. The Kier molecular flexibility index (Phi) is 4.94. The summed E-state index contributed by atoms with van der Waals surface area (Å²) in [6, 6.07) is 6.74. The summed E-state index contributed by atoms with van der Waals surface area (Å²) < 4.78 is 32.6. The fourth-order valence-electron chi connectivity index (χ4n) is 2.46. The van der Waals surface area contributed by atoms with Crippen LogP contribution in [0.4, 0.5) is 0 Å². The maximum Gasteiger partial charge on any atom is 0.243 e. The molecule has 0 radical (unpaired) electrons. The molecule has 2 rings (SSSR count). The van der Waals surface area contributed by atoms with Crippen LogP contribution in [0, 0.1) is 0 Å². The SMILES string of the molecule is CC(C)(C)Oc1ccc(S(=O)(=O)N2CCCCCC2)cc1. The molecule has 1 saturated heterocycles. The fourth-order valence-corrected chi connectivity index (χ4v) is 3.98. The summed E-state index contributed by atoms with van der Waals surface area (Å²) in [6.45, 7) is 7.16. The number of benzene rings is 1. The van der Waals surface area contributed by atoms with Gasteiger partial charge in [0.15, 0.2) is 0 Å². The Morgan fingerprint density at radius 3 is 1.95 bits per heavy atom. The minimum Gasteiger partial charge on any atom is -0.488 e. The smallest absolute Gasteiger partial charge is 0.243 e. The second-order valence-electron chi connectivity index (χ2n) is 6.50. The second kappa shape index (κ2) is 6.36. The average Bonchev–Trinajstić information content (AvgIpc) is 2.66. The van der Waals surface area contributed by atoms with Gasteiger partial charge in [-0.25, -0.2) is 8.42 Å². The maximum atomic E-state index is 12.6. The van der Waals surface area contributed by atoms with Crippen LogP contribution < -0.4 is 4.74 Å². The van der Waals surface area contributed by atoms with E-state index in [-0.39, 0.29) is 5.60 Å². The highest BCUT2D eigenvalue weighted by Crippen LogP contribution is 2.24. The van der Waals surface area contributed by atoms with Gasteiger partial charge in [-0.3, -0.25) is 0 Å². The minimum atomic E-state index is -3.37. The number of hydrogen-bond acceptors (Lipinski definition) is 3. The van der Waals surface area contributed by atoms with Gasteiger partial charge in [0.1, 0.15) is 11.4 Å². The van der Waals surface area contributed by atoms with Crippen LogP contribution in [0.5, 0.6) is 5.75 Å². The Bertz CT molecular complexity index is 550. The van der Waals surface area contributed by atoms with Gasteiger partial charge in [-0.2, -0.15) is 4.31 Å². The van der Waals surface area contributed by atoms with Gasteiger partial charge in [-0.1, -0.05) is 12.8 Å². The molecule has 21 heavy (non-hydrogen) atoms. The quantitative estimate of drug-likeness (QED) is 0.859. The van der Waals surface area contributed by atoms with Gasteiger partial charge in [-0.15, -0.1) is 0 Å². The Hall–Kier alpha value is -1.07. The molecule has 0 unspecified atom stereocenters. The Morgan fingerprint density at radius 2 is 1.48 bits per heavy atom. The number of rotatable bonds is 3. The fraction of sp³-hybridized carbons (Fsp3) is 0.625. The van der Waals surface area contributed by atoms with Crippen LogP contribution in [0.2, 0.25) is 0 Å². The molecule has 1 aliphatic rings. The van der Waals surface area contributed by atoms with Gasteiger partial charge >= 0.3 is 0 Å². The second-order valence-corrected chi connectivity index (χ2v) is 8.44. The number of sulfonamides is 1. The van der Waals surface area contributed by atoms with Gasteiger partial charge in [0.25, 0.3) is 0 Å². The van der Waals surface area contributed by atoms with Gasteiger partial charge in [0.05, 0.1) is 4.90 Å². The third-order valence-corrected chi connectivity index (χ3v) is 5.36. The van der Waals surface area contributed by atoms with E-state index in [0.29, 0.717) is 23.7 Å². The van der Waals surface area contributed by atoms with Gasteiger partial charge in [-0.05, 0) is 57.9 Å². The molecule has 1 fully saturated rings. The van der Waals surface area contributed by atoms with E-state index >= 15 is 0 Å². The Morgan fingerprint density at radius 1 is 0.952 bits per heavy atom. The Balaban J connectivity index is 2.16. The van der Waals surface area contributed by atoms with E-state index in [2.05, 4.69) is 0 Å². The third-order valence-electron chi connectivity index (χ3n) is 3.45. The summed E-state index contributed by atoms with van der Waals surface area (Å²) in [7, 11) is -3.37. The molecule has 1 aromatic carbocycles. The van der Waals surface area contributed by atoms with Gasteiger partial charge in [0.2, 0.25) is 10.0 Å². The van der Waals surface area contributed by atoms with E-state index in [1.54, 1.807) is 28.6 Å². The summed E-state index contributed by atoms with van der Waals surface area (Å²) in [5.41, 5.74) is -0.287. The first kappa shape index (κ1) is 16.3. The topological polar surface area (TPSA) is 46.6 Å². The molecule has 0 N–H and O–H groups in total. The molecular formula is C16H25NO3S.